The van der Waals surface area contributed by atoms with Gasteiger partial charge in [-0.25, -0.2) is 4.90 Å². The molecule has 1 unspecified atom stereocenters. The van der Waals surface area contributed by atoms with Gasteiger partial charge in [-0.15, -0.1) is 0 Å². The Bertz CT molecular complexity index is 617. The monoisotopic (exact) mass is 348 g/mol. The summed E-state index contributed by atoms with van der Waals surface area (Å²) in [5, 5.41) is 1.93. The molecule has 128 valence electrons. The van der Waals surface area contributed by atoms with Crippen molar-refractivity contribution >= 4 is 34.5 Å². The van der Waals surface area contributed by atoms with Crippen LogP contribution in [0, 0.1) is 0 Å². The number of piperidine rings is 1. The maximum atomic E-state index is 12.5. The van der Waals surface area contributed by atoms with Crippen molar-refractivity contribution in [3.8, 4) is 0 Å². The Kier molecular flexibility index (Phi) is 5.52. The topological polar surface area (TPSA) is 70.9 Å². The van der Waals surface area contributed by atoms with E-state index in [2.05, 4.69) is 5.32 Å². The molecule has 0 bridgehead atoms. The van der Waals surface area contributed by atoms with Gasteiger partial charge in [-0.3, -0.25) is 14.4 Å². The highest BCUT2D eigenvalue weighted by Crippen LogP contribution is 2.28. The number of likely N-dealkylation sites (tertiary alicyclic amines) is 1. The molecule has 1 aromatic rings. The lowest BCUT2D eigenvalue weighted by Gasteiger charge is -2.26. The first kappa shape index (κ1) is 17.0. The van der Waals surface area contributed by atoms with Crippen LogP contribution >= 0.6 is 11.8 Å². The summed E-state index contributed by atoms with van der Waals surface area (Å²) in [6.45, 7) is 2.43. The number of benzene rings is 1. The number of carbonyl (C=O) groups is 3. The Hall–Kier alpha value is -1.86. The number of nitrogens with one attached hydrogen (secondary N) is 2. The van der Waals surface area contributed by atoms with Crippen molar-refractivity contribution in [2.75, 3.05) is 25.1 Å². The second-order valence-corrected chi connectivity index (χ2v) is 7.38. The Morgan fingerprint density at radius 2 is 1.88 bits per heavy atom. The van der Waals surface area contributed by atoms with Crippen LogP contribution in [-0.4, -0.2) is 47.0 Å². The molecule has 3 rings (SSSR count). The largest absolute Gasteiger partial charge is 0.326 e. The van der Waals surface area contributed by atoms with Gasteiger partial charge in [0.2, 0.25) is 11.8 Å². The van der Waals surface area contributed by atoms with Gasteiger partial charge in [0.05, 0.1) is 13.1 Å². The molecule has 2 saturated heterocycles. The zero-order valence-corrected chi connectivity index (χ0v) is 14.3. The van der Waals surface area contributed by atoms with Crippen LogP contribution in [0.15, 0.2) is 30.3 Å². The molecule has 6 nitrogen and oxygen atoms in total. The zero-order chi connectivity index (χ0) is 16.9. The number of thioether (sulfide) groups is 1. The smallest absolute Gasteiger partial charge is 0.293 e. The number of carbonyl (C=O) groups excluding carboxylic acids is 3. The standard InChI is InChI=1S/C17H21N3O3S/c21-15(18-13-7-3-1-4-8-13)11-14-16(22)20(17(23)24-14)12-19-9-5-2-6-10-19/h1,3-4,7-8,14H,2,5-6,9-12H2,(H,18,21)/p+1. The second-order valence-electron chi connectivity index (χ2n) is 6.23. The van der Waals surface area contributed by atoms with Crippen LogP contribution < -0.4 is 10.2 Å². The van der Waals surface area contributed by atoms with Crippen LogP contribution in [0.5, 0.6) is 0 Å². The molecule has 3 amide bonds. The third kappa shape index (κ3) is 4.15. The lowest BCUT2D eigenvalue weighted by molar-refractivity contribution is -0.912. The molecule has 2 heterocycles. The Balaban J connectivity index is 1.54. The summed E-state index contributed by atoms with van der Waals surface area (Å²) < 4.78 is 0. The van der Waals surface area contributed by atoms with Gasteiger partial charge < -0.3 is 10.2 Å². The molecule has 1 aromatic carbocycles. The van der Waals surface area contributed by atoms with E-state index in [9.17, 15) is 14.4 Å². The van der Waals surface area contributed by atoms with E-state index in [0.29, 0.717) is 12.4 Å². The van der Waals surface area contributed by atoms with Gasteiger partial charge in [0.15, 0.2) is 6.67 Å². The van der Waals surface area contributed by atoms with Crippen molar-refractivity contribution in [3.63, 3.8) is 0 Å². The number of para-hydroxylation sites is 1. The number of rotatable bonds is 5. The summed E-state index contributed by atoms with van der Waals surface area (Å²) in [7, 11) is 0. The van der Waals surface area contributed by atoms with Crippen LogP contribution in [0.2, 0.25) is 0 Å². The normalized spacial score (nSPS) is 22.0. The van der Waals surface area contributed by atoms with E-state index in [1.54, 1.807) is 12.1 Å². The molecule has 7 heteroatoms. The molecule has 1 atom stereocenters. The lowest BCUT2D eigenvalue weighted by atomic mass is 10.1. The minimum atomic E-state index is -0.606. The zero-order valence-electron chi connectivity index (χ0n) is 13.5. The van der Waals surface area contributed by atoms with E-state index < -0.39 is 5.25 Å². The molecule has 2 aliphatic rings. The summed E-state index contributed by atoms with van der Waals surface area (Å²) in [6.07, 6.45) is 3.53. The van der Waals surface area contributed by atoms with Crippen LogP contribution in [-0.2, 0) is 9.59 Å². The molecule has 2 N–H and O–H groups in total. The van der Waals surface area contributed by atoms with Gasteiger partial charge in [-0.05, 0) is 31.4 Å². The minimum Gasteiger partial charge on any atom is -0.326 e. The van der Waals surface area contributed by atoms with Gasteiger partial charge >= 0.3 is 0 Å². The van der Waals surface area contributed by atoms with Gasteiger partial charge in [0.1, 0.15) is 5.25 Å². The predicted octanol–water partition coefficient (Wildman–Crippen LogP) is 1.11. The number of hydrogen-bond donors (Lipinski definition) is 2. The molecule has 0 saturated carbocycles. The third-order valence-electron chi connectivity index (χ3n) is 4.38. The number of imide groups is 1. The van der Waals surface area contributed by atoms with Gasteiger partial charge in [-0.1, -0.05) is 30.0 Å². The van der Waals surface area contributed by atoms with Crippen molar-refractivity contribution in [3.05, 3.63) is 30.3 Å². The average molecular weight is 348 g/mol. The van der Waals surface area contributed by atoms with E-state index in [4.69, 9.17) is 0 Å². The van der Waals surface area contributed by atoms with Crippen LogP contribution in [0.25, 0.3) is 0 Å². The summed E-state index contributed by atoms with van der Waals surface area (Å²) in [5.41, 5.74) is 0.693. The summed E-state index contributed by atoms with van der Waals surface area (Å²) in [5.74, 6) is -0.474. The minimum absolute atomic E-state index is 0.0238. The summed E-state index contributed by atoms with van der Waals surface area (Å²) in [6, 6.07) is 9.11. The summed E-state index contributed by atoms with van der Waals surface area (Å²) in [4.78, 5) is 39.3. The van der Waals surface area contributed by atoms with Crippen molar-refractivity contribution < 1.29 is 19.3 Å². The highest BCUT2D eigenvalue weighted by atomic mass is 32.2. The van der Waals surface area contributed by atoms with Crippen LogP contribution in [0.1, 0.15) is 25.7 Å². The Morgan fingerprint density at radius 1 is 1.17 bits per heavy atom. The molecular weight excluding hydrogens is 326 g/mol. The lowest BCUT2D eigenvalue weighted by Crippen LogP contribution is -3.14. The number of amides is 3. The fraction of sp³-hybridized carbons (Fsp3) is 0.471. The van der Waals surface area contributed by atoms with Gasteiger partial charge in [-0.2, -0.15) is 0 Å². The predicted molar refractivity (Wildman–Crippen MR) is 92.7 cm³/mol. The fourth-order valence-corrected chi connectivity index (χ4v) is 4.09. The van der Waals surface area contributed by atoms with E-state index in [-0.39, 0.29) is 23.5 Å². The van der Waals surface area contributed by atoms with E-state index >= 15 is 0 Å². The average Bonchev–Trinajstić information content (AvgIpc) is 2.84. The number of anilines is 1. The SMILES string of the molecule is O=C(CC1SC(=O)N(C[NH+]2CCCCC2)C1=O)Nc1ccccc1. The molecule has 2 fully saturated rings. The highest BCUT2D eigenvalue weighted by molar-refractivity contribution is 8.15. The maximum absolute atomic E-state index is 12.5. The molecule has 24 heavy (non-hydrogen) atoms. The van der Waals surface area contributed by atoms with Crippen molar-refractivity contribution in [1.82, 2.24) is 4.90 Å². The molecule has 0 spiro atoms. The molecule has 2 aliphatic heterocycles. The van der Waals surface area contributed by atoms with Crippen molar-refractivity contribution in [2.24, 2.45) is 0 Å². The number of hydrogen-bond acceptors (Lipinski definition) is 4. The summed E-state index contributed by atoms with van der Waals surface area (Å²) >= 11 is 0.973. The van der Waals surface area contributed by atoms with Crippen LogP contribution in [0.3, 0.4) is 0 Å². The van der Waals surface area contributed by atoms with E-state index in [1.807, 2.05) is 18.2 Å². The Morgan fingerprint density at radius 3 is 2.58 bits per heavy atom. The highest BCUT2D eigenvalue weighted by Gasteiger charge is 2.42. The molecule has 0 radical (unpaired) electrons. The molecule has 0 aliphatic carbocycles. The van der Waals surface area contributed by atoms with Crippen molar-refractivity contribution in [1.29, 1.82) is 0 Å². The maximum Gasteiger partial charge on any atom is 0.293 e. The third-order valence-corrected chi connectivity index (χ3v) is 5.45. The number of quaternary nitrogens is 1. The van der Waals surface area contributed by atoms with E-state index in [1.165, 1.54) is 16.2 Å². The first-order chi connectivity index (χ1) is 11.6. The molecule has 0 aromatic heterocycles. The van der Waals surface area contributed by atoms with Gasteiger partial charge in [0, 0.05) is 12.1 Å². The molecular formula is C17H22N3O3S+. The fourth-order valence-electron chi connectivity index (χ4n) is 3.11. The Labute approximate surface area is 145 Å². The van der Waals surface area contributed by atoms with Crippen molar-refractivity contribution in [2.45, 2.75) is 30.9 Å². The van der Waals surface area contributed by atoms with E-state index in [0.717, 1.165) is 37.7 Å². The first-order valence-electron chi connectivity index (χ1n) is 8.34. The van der Waals surface area contributed by atoms with Gasteiger partial charge in [0.25, 0.3) is 5.24 Å². The second kappa shape index (κ2) is 7.81. The van der Waals surface area contributed by atoms with Crippen LogP contribution in [0.4, 0.5) is 10.5 Å². The quantitative estimate of drug-likeness (QED) is 0.836. The number of nitrogens with zero attached hydrogens (tertiary/aromatic N) is 1. The first-order valence-corrected chi connectivity index (χ1v) is 9.22.